The van der Waals surface area contributed by atoms with Crippen molar-refractivity contribution in [2.75, 3.05) is 7.05 Å². The molecule has 0 saturated heterocycles. The molecule has 1 amide bonds. The summed E-state index contributed by atoms with van der Waals surface area (Å²) in [6, 6.07) is 14.9. The molecule has 116 valence electrons. The van der Waals surface area contributed by atoms with Crippen molar-refractivity contribution in [3.63, 3.8) is 0 Å². The number of carbonyl (C=O) groups is 1. The standard InChI is InChI=1S/C18H15ClN2O2/c1-21(12-13-6-2-3-7-14(13)19)18(22)11-10-17-20-15-8-4-5-9-16(15)23-17/h2-11H,12H2,1H3/b11-10+. The molecule has 0 fully saturated rings. The molecule has 0 spiro atoms. The first-order valence-electron chi connectivity index (χ1n) is 7.15. The lowest BCUT2D eigenvalue weighted by Gasteiger charge is -2.15. The minimum atomic E-state index is -0.146. The maximum atomic E-state index is 12.2. The second-order valence-electron chi connectivity index (χ2n) is 5.14. The average Bonchev–Trinajstić information content (AvgIpc) is 2.97. The van der Waals surface area contributed by atoms with Gasteiger partial charge in [0, 0.05) is 30.8 Å². The van der Waals surface area contributed by atoms with Crippen LogP contribution in [0.25, 0.3) is 17.2 Å². The van der Waals surface area contributed by atoms with Gasteiger partial charge in [-0.15, -0.1) is 0 Å². The van der Waals surface area contributed by atoms with Crippen LogP contribution in [0.4, 0.5) is 0 Å². The van der Waals surface area contributed by atoms with Crippen molar-refractivity contribution in [3.05, 3.63) is 71.1 Å². The third-order valence-electron chi connectivity index (χ3n) is 3.42. The highest BCUT2D eigenvalue weighted by Gasteiger charge is 2.09. The third-order valence-corrected chi connectivity index (χ3v) is 3.79. The van der Waals surface area contributed by atoms with E-state index in [1.54, 1.807) is 18.0 Å². The molecular formula is C18H15ClN2O2. The Morgan fingerprint density at radius 3 is 2.74 bits per heavy atom. The second kappa shape index (κ2) is 6.67. The quantitative estimate of drug-likeness (QED) is 0.676. The molecule has 0 aliphatic carbocycles. The van der Waals surface area contributed by atoms with Crippen molar-refractivity contribution >= 4 is 34.7 Å². The Kier molecular flexibility index (Phi) is 4.44. The van der Waals surface area contributed by atoms with E-state index >= 15 is 0 Å². The Labute approximate surface area is 139 Å². The maximum Gasteiger partial charge on any atom is 0.246 e. The summed E-state index contributed by atoms with van der Waals surface area (Å²) in [6.07, 6.45) is 3.02. The largest absolute Gasteiger partial charge is 0.437 e. The Hall–Kier alpha value is -2.59. The molecule has 4 nitrogen and oxygen atoms in total. The molecule has 0 saturated carbocycles. The minimum Gasteiger partial charge on any atom is -0.437 e. The van der Waals surface area contributed by atoms with E-state index in [0.717, 1.165) is 11.1 Å². The monoisotopic (exact) mass is 326 g/mol. The summed E-state index contributed by atoms with van der Waals surface area (Å²) in [5.41, 5.74) is 2.37. The summed E-state index contributed by atoms with van der Waals surface area (Å²) in [7, 11) is 1.72. The van der Waals surface area contributed by atoms with Crippen molar-refractivity contribution < 1.29 is 9.21 Å². The van der Waals surface area contributed by atoms with Gasteiger partial charge >= 0.3 is 0 Å². The Balaban J connectivity index is 1.69. The molecule has 1 aromatic heterocycles. The van der Waals surface area contributed by atoms with Crippen molar-refractivity contribution in [1.82, 2.24) is 9.88 Å². The molecule has 0 aliphatic rings. The van der Waals surface area contributed by atoms with Crippen molar-refractivity contribution in [1.29, 1.82) is 0 Å². The molecule has 0 N–H and O–H groups in total. The Bertz CT molecular complexity index is 837. The molecule has 2 aromatic carbocycles. The van der Waals surface area contributed by atoms with E-state index in [-0.39, 0.29) is 5.91 Å². The molecule has 0 aliphatic heterocycles. The number of likely N-dealkylation sites (N-methyl/N-ethyl adjacent to an activating group) is 1. The van der Waals surface area contributed by atoms with Gasteiger partial charge in [0.1, 0.15) is 5.52 Å². The predicted molar refractivity (Wildman–Crippen MR) is 91.0 cm³/mol. The van der Waals surface area contributed by atoms with E-state index in [1.165, 1.54) is 6.08 Å². The number of para-hydroxylation sites is 2. The third kappa shape index (κ3) is 3.60. The van der Waals surface area contributed by atoms with Crippen LogP contribution in [0.15, 0.2) is 59.0 Å². The number of amides is 1. The van der Waals surface area contributed by atoms with Crippen LogP contribution in [0.2, 0.25) is 5.02 Å². The maximum absolute atomic E-state index is 12.2. The lowest BCUT2D eigenvalue weighted by Crippen LogP contribution is -2.24. The van der Waals surface area contributed by atoms with Crippen molar-refractivity contribution in [2.45, 2.75) is 6.54 Å². The van der Waals surface area contributed by atoms with E-state index in [2.05, 4.69) is 4.98 Å². The van der Waals surface area contributed by atoms with Gasteiger partial charge in [-0.1, -0.05) is 41.9 Å². The molecule has 5 heteroatoms. The van der Waals surface area contributed by atoms with E-state index < -0.39 is 0 Å². The van der Waals surface area contributed by atoms with Crippen LogP contribution < -0.4 is 0 Å². The molecule has 0 bridgehead atoms. The second-order valence-corrected chi connectivity index (χ2v) is 5.55. The fourth-order valence-electron chi connectivity index (χ4n) is 2.19. The van der Waals surface area contributed by atoms with Crippen LogP contribution >= 0.6 is 11.6 Å². The van der Waals surface area contributed by atoms with Gasteiger partial charge in [-0.25, -0.2) is 4.98 Å². The number of hydrogen-bond acceptors (Lipinski definition) is 3. The Morgan fingerprint density at radius 1 is 1.22 bits per heavy atom. The van der Waals surface area contributed by atoms with E-state index in [9.17, 15) is 4.79 Å². The topological polar surface area (TPSA) is 46.3 Å². The molecule has 0 radical (unpaired) electrons. The smallest absolute Gasteiger partial charge is 0.246 e. The van der Waals surface area contributed by atoms with E-state index in [0.29, 0.717) is 23.0 Å². The van der Waals surface area contributed by atoms with Gasteiger partial charge in [0.05, 0.1) is 0 Å². The number of nitrogens with zero attached hydrogens (tertiary/aromatic N) is 2. The van der Waals surface area contributed by atoms with Crippen LogP contribution in [0.1, 0.15) is 11.5 Å². The summed E-state index contributed by atoms with van der Waals surface area (Å²) in [6.45, 7) is 0.441. The van der Waals surface area contributed by atoms with E-state index in [1.807, 2.05) is 48.5 Å². The lowest BCUT2D eigenvalue weighted by atomic mass is 10.2. The van der Waals surface area contributed by atoms with Crippen LogP contribution in [0.5, 0.6) is 0 Å². The SMILES string of the molecule is CN(Cc1ccccc1Cl)C(=O)/C=C/c1nc2ccccc2o1. The minimum absolute atomic E-state index is 0.146. The number of benzene rings is 2. The van der Waals surface area contributed by atoms with Crippen molar-refractivity contribution in [3.8, 4) is 0 Å². The van der Waals surface area contributed by atoms with Gasteiger partial charge in [0.15, 0.2) is 5.58 Å². The summed E-state index contributed by atoms with van der Waals surface area (Å²) in [5.74, 6) is 0.262. The van der Waals surface area contributed by atoms with Crippen LogP contribution in [-0.2, 0) is 11.3 Å². The average molecular weight is 327 g/mol. The van der Waals surface area contributed by atoms with Crippen LogP contribution in [0.3, 0.4) is 0 Å². The highest BCUT2D eigenvalue weighted by Crippen LogP contribution is 2.17. The van der Waals surface area contributed by atoms with Gasteiger partial charge in [-0.2, -0.15) is 0 Å². The zero-order chi connectivity index (χ0) is 16.2. The number of carbonyl (C=O) groups excluding carboxylic acids is 1. The lowest BCUT2D eigenvalue weighted by molar-refractivity contribution is -0.125. The number of halogens is 1. The van der Waals surface area contributed by atoms with Gasteiger partial charge in [-0.05, 0) is 23.8 Å². The van der Waals surface area contributed by atoms with Gasteiger partial charge < -0.3 is 9.32 Å². The molecule has 0 atom stereocenters. The van der Waals surface area contributed by atoms with Crippen LogP contribution in [0, 0.1) is 0 Å². The number of oxazole rings is 1. The zero-order valence-electron chi connectivity index (χ0n) is 12.6. The number of rotatable bonds is 4. The molecule has 23 heavy (non-hydrogen) atoms. The highest BCUT2D eigenvalue weighted by atomic mass is 35.5. The molecule has 0 unspecified atom stereocenters. The zero-order valence-corrected chi connectivity index (χ0v) is 13.3. The number of fused-ring (bicyclic) bond motifs is 1. The summed E-state index contributed by atoms with van der Waals surface area (Å²) >= 11 is 6.11. The first kappa shape index (κ1) is 15.3. The highest BCUT2D eigenvalue weighted by molar-refractivity contribution is 6.31. The summed E-state index contributed by atoms with van der Waals surface area (Å²) in [4.78, 5) is 18.1. The van der Waals surface area contributed by atoms with E-state index in [4.69, 9.17) is 16.0 Å². The normalized spacial score (nSPS) is 11.2. The van der Waals surface area contributed by atoms with Crippen LogP contribution in [-0.4, -0.2) is 22.8 Å². The van der Waals surface area contributed by atoms with Gasteiger partial charge in [-0.3, -0.25) is 4.79 Å². The first-order chi connectivity index (χ1) is 11.1. The first-order valence-corrected chi connectivity index (χ1v) is 7.53. The predicted octanol–water partition coefficient (Wildman–Crippen LogP) is 4.15. The summed E-state index contributed by atoms with van der Waals surface area (Å²) in [5, 5.41) is 0.648. The number of aromatic nitrogens is 1. The molecule has 3 rings (SSSR count). The molecular weight excluding hydrogens is 312 g/mol. The number of hydrogen-bond donors (Lipinski definition) is 0. The van der Waals surface area contributed by atoms with Crippen molar-refractivity contribution in [2.24, 2.45) is 0 Å². The molecule has 1 heterocycles. The van der Waals surface area contributed by atoms with Gasteiger partial charge in [0.2, 0.25) is 11.8 Å². The Morgan fingerprint density at radius 2 is 1.96 bits per heavy atom. The van der Waals surface area contributed by atoms with Gasteiger partial charge in [0.25, 0.3) is 0 Å². The summed E-state index contributed by atoms with van der Waals surface area (Å²) < 4.78 is 5.55. The fraction of sp³-hybridized carbons (Fsp3) is 0.111. The molecule has 3 aromatic rings. The fourth-order valence-corrected chi connectivity index (χ4v) is 2.39.